The second-order valence-corrected chi connectivity index (χ2v) is 10.5. The number of aryl methyl sites for hydroxylation is 1. The van der Waals surface area contributed by atoms with Crippen LogP contribution in [0.3, 0.4) is 0 Å². The molecular weight excluding hydrogens is 468 g/mol. The van der Waals surface area contributed by atoms with E-state index in [9.17, 15) is 4.79 Å². The van der Waals surface area contributed by atoms with E-state index >= 15 is 0 Å². The molecule has 5 heteroatoms. The minimum Gasteiger partial charge on any atom is -0.325 e. The first-order valence-electron chi connectivity index (χ1n) is 11.1. The van der Waals surface area contributed by atoms with Gasteiger partial charge in [0.25, 0.3) is 5.91 Å². The molecular formula is C26H30BrN2OS+. The third-order valence-electron chi connectivity index (χ3n) is 6.26. The number of quaternary nitrogens is 1. The number of benzene rings is 2. The molecule has 1 atom stereocenters. The van der Waals surface area contributed by atoms with Gasteiger partial charge in [-0.25, -0.2) is 0 Å². The summed E-state index contributed by atoms with van der Waals surface area (Å²) in [4.78, 5) is 15.9. The highest BCUT2D eigenvalue weighted by Gasteiger charge is 2.33. The lowest BCUT2D eigenvalue weighted by Gasteiger charge is -2.34. The lowest BCUT2D eigenvalue weighted by atomic mass is 9.92. The summed E-state index contributed by atoms with van der Waals surface area (Å²) in [6.07, 6.45) is 3.47. The lowest BCUT2D eigenvalue weighted by Crippen LogP contribution is -3.13. The molecule has 0 bridgehead atoms. The standard InChI is InChI=1S/C26H29BrN2OS/c1-3-22-17-23(26(31-22)28-25(30)20-7-5-4-6-8-20)24(19-9-11-21(27)12-10-19)29-15-13-18(2)14-16-29/h4-12,17-18,24H,3,13-16H2,1-2H3,(H,28,30)/p+1/t24-/m0/s1. The second-order valence-electron chi connectivity index (χ2n) is 8.50. The van der Waals surface area contributed by atoms with Gasteiger partial charge in [-0.3, -0.25) is 4.79 Å². The van der Waals surface area contributed by atoms with Crippen molar-refractivity contribution < 1.29 is 9.69 Å². The minimum atomic E-state index is -0.0387. The number of halogens is 1. The maximum absolute atomic E-state index is 13.0. The minimum absolute atomic E-state index is 0.0387. The number of hydrogen-bond acceptors (Lipinski definition) is 2. The zero-order valence-corrected chi connectivity index (χ0v) is 20.6. The number of nitrogens with one attached hydrogen (secondary N) is 2. The second kappa shape index (κ2) is 10.1. The average Bonchev–Trinajstić information content (AvgIpc) is 3.19. The van der Waals surface area contributed by atoms with E-state index < -0.39 is 0 Å². The van der Waals surface area contributed by atoms with E-state index in [1.165, 1.54) is 28.8 Å². The predicted octanol–water partition coefficient (Wildman–Crippen LogP) is 5.73. The number of rotatable bonds is 6. The van der Waals surface area contributed by atoms with Crippen LogP contribution in [0.1, 0.15) is 59.1 Å². The third-order valence-corrected chi connectivity index (χ3v) is 8.00. The number of likely N-dealkylation sites (tertiary alicyclic amines) is 1. The summed E-state index contributed by atoms with van der Waals surface area (Å²) in [5.41, 5.74) is 3.25. The van der Waals surface area contributed by atoms with Gasteiger partial charge in [0.05, 0.1) is 13.1 Å². The lowest BCUT2D eigenvalue weighted by molar-refractivity contribution is -0.931. The molecule has 0 aliphatic carbocycles. The van der Waals surface area contributed by atoms with E-state index in [4.69, 9.17) is 0 Å². The van der Waals surface area contributed by atoms with Gasteiger partial charge >= 0.3 is 0 Å². The van der Waals surface area contributed by atoms with Gasteiger partial charge in [-0.1, -0.05) is 60.1 Å². The molecule has 2 aromatic carbocycles. The first-order valence-corrected chi connectivity index (χ1v) is 12.7. The van der Waals surface area contributed by atoms with Crippen LogP contribution in [0.5, 0.6) is 0 Å². The summed E-state index contributed by atoms with van der Waals surface area (Å²) >= 11 is 5.30. The Morgan fingerprint density at radius 3 is 2.45 bits per heavy atom. The van der Waals surface area contributed by atoms with Crippen LogP contribution in [0, 0.1) is 5.92 Å². The summed E-state index contributed by atoms with van der Waals surface area (Å²) in [5.74, 6) is 0.753. The molecule has 3 nitrogen and oxygen atoms in total. The summed E-state index contributed by atoms with van der Waals surface area (Å²) in [5, 5.41) is 4.24. The van der Waals surface area contributed by atoms with Crippen LogP contribution in [0.15, 0.2) is 65.1 Å². The normalized spacial score (nSPS) is 19.7. The number of amides is 1. The Kier molecular flexibility index (Phi) is 7.26. The van der Waals surface area contributed by atoms with Crippen LogP contribution < -0.4 is 10.2 Å². The monoisotopic (exact) mass is 497 g/mol. The molecule has 1 saturated heterocycles. The molecule has 2 heterocycles. The van der Waals surface area contributed by atoms with Crippen molar-refractivity contribution in [2.45, 2.75) is 39.2 Å². The zero-order valence-electron chi connectivity index (χ0n) is 18.2. The highest BCUT2D eigenvalue weighted by atomic mass is 79.9. The summed E-state index contributed by atoms with van der Waals surface area (Å²) < 4.78 is 1.09. The Morgan fingerprint density at radius 2 is 1.81 bits per heavy atom. The Bertz CT molecular complexity index is 1010. The van der Waals surface area contributed by atoms with Gasteiger partial charge in [0, 0.05) is 26.0 Å². The highest BCUT2D eigenvalue weighted by molar-refractivity contribution is 9.10. The zero-order chi connectivity index (χ0) is 21.8. The number of hydrogen-bond donors (Lipinski definition) is 2. The molecule has 0 radical (unpaired) electrons. The maximum Gasteiger partial charge on any atom is 0.256 e. The number of anilines is 1. The van der Waals surface area contributed by atoms with Crippen molar-refractivity contribution >= 4 is 38.2 Å². The van der Waals surface area contributed by atoms with Crippen molar-refractivity contribution in [2.24, 2.45) is 5.92 Å². The molecule has 4 rings (SSSR count). The fraction of sp³-hybridized carbons (Fsp3) is 0.346. The molecule has 1 amide bonds. The quantitative estimate of drug-likeness (QED) is 0.447. The van der Waals surface area contributed by atoms with Crippen LogP contribution in [-0.2, 0) is 6.42 Å². The topological polar surface area (TPSA) is 33.5 Å². The molecule has 1 aliphatic heterocycles. The first kappa shape index (κ1) is 22.3. The molecule has 0 unspecified atom stereocenters. The Labute approximate surface area is 197 Å². The highest BCUT2D eigenvalue weighted by Crippen LogP contribution is 2.36. The van der Waals surface area contributed by atoms with Gasteiger partial charge in [-0.15, -0.1) is 11.3 Å². The summed E-state index contributed by atoms with van der Waals surface area (Å²) in [6.45, 7) is 6.86. The molecule has 2 N–H and O–H groups in total. The van der Waals surface area contributed by atoms with Crippen LogP contribution >= 0.6 is 27.3 Å². The van der Waals surface area contributed by atoms with Gasteiger partial charge in [-0.05, 0) is 55.5 Å². The van der Waals surface area contributed by atoms with Crippen LogP contribution in [0.2, 0.25) is 0 Å². The molecule has 0 spiro atoms. The molecule has 1 fully saturated rings. The Hall–Kier alpha value is -1.95. The van der Waals surface area contributed by atoms with Crippen molar-refractivity contribution in [2.75, 3.05) is 18.4 Å². The molecule has 1 aliphatic rings. The molecule has 162 valence electrons. The van der Waals surface area contributed by atoms with E-state index in [1.807, 2.05) is 30.3 Å². The van der Waals surface area contributed by atoms with Crippen molar-refractivity contribution in [3.8, 4) is 0 Å². The van der Waals surface area contributed by atoms with E-state index in [1.54, 1.807) is 16.2 Å². The van der Waals surface area contributed by atoms with Gasteiger partial charge in [0.1, 0.15) is 11.0 Å². The predicted molar refractivity (Wildman–Crippen MR) is 133 cm³/mol. The summed E-state index contributed by atoms with van der Waals surface area (Å²) in [6, 6.07) is 20.8. The van der Waals surface area contributed by atoms with Gasteiger partial charge in [0.15, 0.2) is 0 Å². The van der Waals surface area contributed by atoms with E-state index in [2.05, 4.69) is 65.4 Å². The van der Waals surface area contributed by atoms with Crippen LogP contribution in [0.4, 0.5) is 5.00 Å². The Morgan fingerprint density at radius 1 is 1.13 bits per heavy atom. The Balaban J connectivity index is 1.72. The van der Waals surface area contributed by atoms with Crippen LogP contribution in [-0.4, -0.2) is 19.0 Å². The van der Waals surface area contributed by atoms with Crippen molar-refractivity contribution in [3.63, 3.8) is 0 Å². The fourth-order valence-corrected chi connectivity index (χ4v) is 5.72. The molecule has 1 aromatic heterocycles. The summed E-state index contributed by atoms with van der Waals surface area (Å²) in [7, 11) is 0. The van der Waals surface area contributed by atoms with E-state index in [0.29, 0.717) is 5.56 Å². The van der Waals surface area contributed by atoms with Crippen molar-refractivity contribution in [3.05, 3.63) is 86.7 Å². The fourth-order valence-electron chi connectivity index (χ4n) is 4.42. The molecule has 0 saturated carbocycles. The van der Waals surface area contributed by atoms with Crippen molar-refractivity contribution in [1.29, 1.82) is 0 Å². The number of piperidine rings is 1. The van der Waals surface area contributed by atoms with E-state index in [-0.39, 0.29) is 11.9 Å². The maximum atomic E-state index is 13.0. The van der Waals surface area contributed by atoms with Crippen LogP contribution in [0.25, 0.3) is 0 Å². The van der Waals surface area contributed by atoms with Crippen molar-refractivity contribution in [1.82, 2.24) is 0 Å². The number of carbonyl (C=O) groups excluding carboxylic acids is 1. The number of thiophene rings is 1. The SMILES string of the molecule is CCc1cc([C@H](c2ccc(Br)cc2)[NH+]2CCC(C)CC2)c(NC(=O)c2ccccc2)s1. The third kappa shape index (κ3) is 5.28. The largest absolute Gasteiger partial charge is 0.325 e. The smallest absolute Gasteiger partial charge is 0.256 e. The number of carbonyl (C=O) groups is 1. The van der Waals surface area contributed by atoms with Gasteiger partial charge in [-0.2, -0.15) is 0 Å². The molecule has 3 aromatic rings. The van der Waals surface area contributed by atoms with Gasteiger partial charge in [0.2, 0.25) is 0 Å². The average molecular weight is 499 g/mol. The molecule has 31 heavy (non-hydrogen) atoms. The van der Waals surface area contributed by atoms with Gasteiger partial charge < -0.3 is 10.2 Å². The first-order chi connectivity index (χ1) is 15.0. The van der Waals surface area contributed by atoms with E-state index in [0.717, 1.165) is 34.9 Å².